The quantitative estimate of drug-likeness (QED) is 0.594. The van der Waals surface area contributed by atoms with Gasteiger partial charge in [-0.2, -0.15) is 0 Å². The minimum atomic E-state index is -0.325. The van der Waals surface area contributed by atoms with E-state index < -0.39 is 0 Å². The van der Waals surface area contributed by atoms with Crippen LogP contribution < -0.4 is 16.6 Å². The van der Waals surface area contributed by atoms with E-state index in [0.717, 1.165) is 10.0 Å². The van der Waals surface area contributed by atoms with E-state index in [1.54, 1.807) is 0 Å². The Balaban J connectivity index is 2.15. The van der Waals surface area contributed by atoms with Crippen molar-refractivity contribution in [3.8, 4) is 0 Å². The highest BCUT2D eigenvalue weighted by Crippen LogP contribution is 2.19. The Morgan fingerprint density at radius 1 is 1.26 bits per heavy atom. The van der Waals surface area contributed by atoms with Crippen molar-refractivity contribution in [2.24, 2.45) is 5.84 Å². The summed E-state index contributed by atoms with van der Waals surface area (Å²) in [6.45, 7) is 1.95. The molecule has 0 bridgehead atoms. The van der Waals surface area contributed by atoms with Gasteiger partial charge in [-0.25, -0.2) is 15.8 Å². The smallest absolute Gasteiger partial charge is 0.275 e. The number of benzene rings is 1. The number of aryl methyl sites for hydroxylation is 1. The normalized spacial score (nSPS) is 10.1. The molecule has 0 atom stereocenters. The van der Waals surface area contributed by atoms with Crippen molar-refractivity contribution in [2.75, 3.05) is 10.7 Å². The lowest BCUT2D eigenvalue weighted by Gasteiger charge is -2.06. The standard InChI is InChI=1S/C12H12BrN5O/c1-7-2-8(13)4-9(3-7)17-12(19)10-5-16-11(18-14)6-15-10/h2-6H,14H2,1H3,(H,16,18)(H,17,19). The molecule has 0 unspecified atom stereocenters. The van der Waals surface area contributed by atoms with Crippen molar-refractivity contribution >= 4 is 33.3 Å². The number of nitrogens with two attached hydrogens (primary N) is 1. The van der Waals surface area contributed by atoms with Crippen LogP contribution in [0.2, 0.25) is 0 Å². The number of aromatic nitrogens is 2. The predicted octanol–water partition coefficient (Wildman–Crippen LogP) is 2.09. The van der Waals surface area contributed by atoms with Gasteiger partial charge in [0, 0.05) is 10.2 Å². The van der Waals surface area contributed by atoms with Crippen LogP contribution in [0.3, 0.4) is 0 Å². The predicted molar refractivity (Wildman–Crippen MR) is 76.7 cm³/mol. The zero-order valence-electron chi connectivity index (χ0n) is 10.1. The molecular formula is C12H12BrN5O. The summed E-state index contributed by atoms with van der Waals surface area (Å²) in [6, 6.07) is 5.64. The maximum atomic E-state index is 12.0. The number of rotatable bonds is 3. The zero-order valence-corrected chi connectivity index (χ0v) is 11.7. The molecule has 0 aliphatic carbocycles. The second-order valence-corrected chi connectivity index (χ2v) is 4.82. The highest BCUT2D eigenvalue weighted by molar-refractivity contribution is 9.10. The fourth-order valence-electron chi connectivity index (χ4n) is 1.52. The van der Waals surface area contributed by atoms with Gasteiger partial charge >= 0.3 is 0 Å². The fraction of sp³-hybridized carbons (Fsp3) is 0.0833. The summed E-state index contributed by atoms with van der Waals surface area (Å²) in [5.41, 5.74) is 4.30. The summed E-state index contributed by atoms with van der Waals surface area (Å²) in [5.74, 6) is 5.25. The van der Waals surface area contributed by atoms with Crippen molar-refractivity contribution < 1.29 is 4.79 Å². The van der Waals surface area contributed by atoms with Crippen LogP contribution in [-0.4, -0.2) is 15.9 Å². The number of carbonyl (C=O) groups excluding carboxylic acids is 1. The van der Waals surface area contributed by atoms with E-state index >= 15 is 0 Å². The maximum Gasteiger partial charge on any atom is 0.275 e. The Morgan fingerprint density at radius 3 is 2.63 bits per heavy atom. The summed E-state index contributed by atoms with van der Waals surface area (Å²) in [5, 5.41) is 2.75. The van der Waals surface area contributed by atoms with Crippen molar-refractivity contribution in [3.63, 3.8) is 0 Å². The third-order valence-corrected chi connectivity index (χ3v) is 2.79. The maximum absolute atomic E-state index is 12.0. The van der Waals surface area contributed by atoms with E-state index in [2.05, 4.69) is 36.6 Å². The number of nitrogens with zero attached hydrogens (tertiary/aromatic N) is 2. The zero-order chi connectivity index (χ0) is 13.8. The molecule has 6 nitrogen and oxygen atoms in total. The van der Waals surface area contributed by atoms with Gasteiger partial charge in [-0.15, -0.1) is 0 Å². The Kier molecular flexibility index (Phi) is 4.08. The van der Waals surface area contributed by atoms with Gasteiger partial charge in [0.2, 0.25) is 0 Å². The van der Waals surface area contributed by atoms with Gasteiger partial charge < -0.3 is 10.7 Å². The Bertz CT molecular complexity index is 579. The van der Waals surface area contributed by atoms with Crippen LogP contribution in [0.25, 0.3) is 0 Å². The summed E-state index contributed by atoms with van der Waals surface area (Å²) in [6.07, 6.45) is 2.75. The number of hydrazine groups is 1. The van der Waals surface area contributed by atoms with E-state index in [-0.39, 0.29) is 11.6 Å². The minimum Gasteiger partial charge on any atom is -0.321 e. The molecule has 4 N–H and O–H groups in total. The molecule has 0 saturated carbocycles. The number of carbonyl (C=O) groups is 1. The number of amides is 1. The Labute approximate surface area is 118 Å². The van der Waals surface area contributed by atoms with Gasteiger partial charge in [-0.05, 0) is 30.7 Å². The topological polar surface area (TPSA) is 92.9 Å². The average molecular weight is 322 g/mol. The van der Waals surface area contributed by atoms with Gasteiger partial charge in [-0.3, -0.25) is 4.79 Å². The summed E-state index contributed by atoms with van der Waals surface area (Å²) in [7, 11) is 0. The molecule has 7 heteroatoms. The van der Waals surface area contributed by atoms with E-state index in [1.807, 2.05) is 25.1 Å². The van der Waals surface area contributed by atoms with Crippen LogP contribution in [0.4, 0.5) is 11.5 Å². The average Bonchev–Trinajstić information content (AvgIpc) is 2.37. The highest BCUT2D eigenvalue weighted by Gasteiger charge is 2.09. The van der Waals surface area contributed by atoms with Gasteiger partial charge in [0.25, 0.3) is 5.91 Å². The van der Waals surface area contributed by atoms with Gasteiger partial charge in [-0.1, -0.05) is 15.9 Å². The molecule has 0 spiro atoms. The van der Waals surface area contributed by atoms with Crippen LogP contribution in [0.5, 0.6) is 0 Å². The molecule has 2 rings (SSSR count). The Morgan fingerprint density at radius 2 is 2.05 bits per heavy atom. The third-order valence-electron chi connectivity index (χ3n) is 2.33. The molecule has 0 saturated heterocycles. The first-order valence-corrected chi connectivity index (χ1v) is 6.25. The van der Waals surface area contributed by atoms with Gasteiger partial charge in [0.15, 0.2) is 5.82 Å². The van der Waals surface area contributed by atoms with E-state index in [0.29, 0.717) is 11.5 Å². The summed E-state index contributed by atoms with van der Waals surface area (Å²) in [4.78, 5) is 19.8. The molecule has 1 aromatic heterocycles. The van der Waals surface area contributed by atoms with Crippen molar-refractivity contribution in [3.05, 3.63) is 46.3 Å². The van der Waals surface area contributed by atoms with Crippen molar-refractivity contribution in [1.29, 1.82) is 0 Å². The molecule has 1 aromatic carbocycles. The van der Waals surface area contributed by atoms with Gasteiger partial charge in [0.1, 0.15) is 5.69 Å². The molecule has 98 valence electrons. The lowest BCUT2D eigenvalue weighted by molar-refractivity contribution is 0.102. The molecule has 0 aliphatic heterocycles. The first-order valence-electron chi connectivity index (χ1n) is 5.45. The largest absolute Gasteiger partial charge is 0.321 e. The van der Waals surface area contributed by atoms with Crippen LogP contribution in [0.15, 0.2) is 35.1 Å². The van der Waals surface area contributed by atoms with Crippen molar-refractivity contribution in [2.45, 2.75) is 6.92 Å². The van der Waals surface area contributed by atoms with E-state index in [1.165, 1.54) is 12.4 Å². The number of halogens is 1. The van der Waals surface area contributed by atoms with E-state index in [4.69, 9.17) is 5.84 Å². The van der Waals surface area contributed by atoms with Crippen LogP contribution in [0.1, 0.15) is 16.1 Å². The SMILES string of the molecule is Cc1cc(Br)cc(NC(=O)c2cnc(NN)cn2)c1. The molecule has 1 amide bonds. The minimum absolute atomic E-state index is 0.219. The van der Waals surface area contributed by atoms with Crippen LogP contribution in [-0.2, 0) is 0 Å². The second kappa shape index (κ2) is 5.77. The Hall–Kier alpha value is -1.99. The number of nitrogen functional groups attached to an aromatic ring is 1. The lowest BCUT2D eigenvalue weighted by atomic mass is 10.2. The number of anilines is 2. The number of hydrogen-bond donors (Lipinski definition) is 3. The molecule has 19 heavy (non-hydrogen) atoms. The monoisotopic (exact) mass is 321 g/mol. The third kappa shape index (κ3) is 3.49. The van der Waals surface area contributed by atoms with Crippen molar-refractivity contribution in [1.82, 2.24) is 9.97 Å². The summed E-state index contributed by atoms with van der Waals surface area (Å²) >= 11 is 3.38. The first kappa shape index (κ1) is 13.4. The number of hydrogen-bond acceptors (Lipinski definition) is 5. The van der Waals surface area contributed by atoms with Gasteiger partial charge in [0.05, 0.1) is 12.4 Å². The molecule has 2 aromatic rings. The first-order chi connectivity index (χ1) is 9.08. The molecule has 0 fully saturated rings. The highest BCUT2D eigenvalue weighted by atomic mass is 79.9. The molecular weight excluding hydrogens is 310 g/mol. The summed E-state index contributed by atoms with van der Waals surface area (Å²) < 4.78 is 0.900. The number of nitrogens with one attached hydrogen (secondary N) is 2. The van der Waals surface area contributed by atoms with Crippen LogP contribution in [0, 0.1) is 6.92 Å². The second-order valence-electron chi connectivity index (χ2n) is 3.90. The molecule has 0 aliphatic rings. The van der Waals surface area contributed by atoms with Crippen LogP contribution >= 0.6 is 15.9 Å². The lowest BCUT2D eigenvalue weighted by Crippen LogP contribution is -2.15. The molecule has 0 radical (unpaired) electrons. The fourth-order valence-corrected chi connectivity index (χ4v) is 2.13. The van der Waals surface area contributed by atoms with E-state index in [9.17, 15) is 4.79 Å². The molecule has 1 heterocycles.